The van der Waals surface area contributed by atoms with E-state index >= 15 is 0 Å². The van der Waals surface area contributed by atoms with Crippen LogP contribution in [0.3, 0.4) is 0 Å². The molecular weight excluding hydrogens is 194 g/mol. The zero-order valence-electron chi connectivity index (χ0n) is 9.41. The van der Waals surface area contributed by atoms with Gasteiger partial charge in [-0.05, 0) is 32.2 Å². The quantitative estimate of drug-likeness (QED) is 0.554. The van der Waals surface area contributed by atoms with Crippen LogP contribution >= 0.6 is 0 Å². The van der Waals surface area contributed by atoms with E-state index in [0.29, 0.717) is 19.3 Å². The zero-order valence-corrected chi connectivity index (χ0v) is 9.41. The molecule has 1 aliphatic rings. The highest BCUT2D eigenvalue weighted by Gasteiger charge is 2.13. The zero-order chi connectivity index (χ0) is 10.8. The highest BCUT2D eigenvalue weighted by atomic mass is 16.5. The molecule has 90 valence electrons. The summed E-state index contributed by atoms with van der Waals surface area (Å²) in [7, 11) is 0. The molecule has 0 aromatic rings. The van der Waals surface area contributed by atoms with Crippen molar-refractivity contribution in [2.75, 3.05) is 39.5 Å². The Morgan fingerprint density at radius 2 is 2.27 bits per heavy atom. The predicted molar refractivity (Wildman–Crippen MR) is 59.0 cm³/mol. The van der Waals surface area contributed by atoms with E-state index in [9.17, 15) is 0 Å². The molecule has 1 rings (SSSR count). The van der Waals surface area contributed by atoms with Crippen molar-refractivity contribution in [2.24, 2.45) is 0 Å². The van der Waals surface area contributed by atoms with E-state index in [1.807, 2.05) is 0 Å². The Balaban J connectivity index is 1.73. The molecule has 1 heterocycles. The third-order valence-corrected chi connectivity index (χ3v) is 2.56. The molecule has 1 saturated heterocycles. The summed E-state index contributed by atoms with van der Waals surface area (Å²) >= 11 is 0. The third-order valence-electron chi connectivity index (χ3n) is 2.56. The van der Waals surface area contributed by atoms with Crippen molar-refractivity contribution in [1.29, 1.82) is 0 Å². The number of nitrogens with one attached hydrogen (secondary N) is 1. The van der Waals surface area contributed by atoms with Crippen LogP contribution in [-0.2, 0) is 9.47 Å². The molecule has 1 unspecified atom stereocenters. The minimum absolute atomic E-state index is 0.110. The average Bonchev–Trinajstić information content (AvgIpc) is 2.75. The molecule has 1 atom stereocenters. The molecule has 0 aromatic carbocycles. The highest BCUT2D eigenvalue weighted by molar-refractivity contribution is 4.65. The lowest BCUT2D eigenvalue weighted by Gasteiger charge is -2.09. The monoisotopic (exact) mass is 217 g/mol. The molecule has 4 nitrogen and oxygen atoms in total. The molecule has 0 aliphatic carbocycles. The van der Waals surface area contributed by atoms with E-state index in [-0.39, 0.29) is 6.61 Å². The van der Waals surface area contributed by atoms with Crippen molar-refractivity contribution in [2.45, 2.75) is 31.8 Å². The molecule has 2 N–H and O–H groups in total. The fraction of sp³-hybridized carbons (Fsp3) is 1.00. The summed E-state index contributed by atoms with van der Waals surface area (Å²) in [5, 5.41) is 11.8. The minimum atomic E-state index is 0.110. The largest absolute Gasteiger partial charge is 0.394 e. The second-order valence-corrected chi connectivity index (χ2v) is 3.86. The molecule has 15 heavy (non-hydrogen) atoms. The first-order valence-electron chi connectivity index (χ1n) is 5.94. The van der Waals surface area contributed by atoms with Crippen molar-refractivity contribution >= 4 is 0 Å². The molecule has 1 fully saturated rings. The number of aliphatic hydroxyl groups is 1. The first-order chi connectivity index (χ1) is 7.43. The Kier molecular flexibility index (Phi) is 7.83. The van der Waals surface area contributed by atoms with Crippen LogP contribution in [0.5, 0.6) is 0 Å². The normalized spacial score (nSPS) is 21.0. The van der Waals surface area contributed by atoms with Gasteiger partial charge in [0.25, 0.3) is 0 Å². The third kappa shape index (κ3) is 6.84. The van der Waals surface area contributed by atoms with Crippen molar-refractivity contribution in [3.05, 3.63) is 0 Å². The van der Waals surface area contributed by atoms with Crippen LogP contribution in [0.25, 0.3) is 0 Å². The van der Waals surface area contributed by atoms with E-state index in [4.69, 9.17) is 14.6 Å². The van der Waals surface area contributed by atoms with Crippen LogP contribution in [0, 0.1) is 0 Å². The number of ether oxygens (including phenoxy) is 2. The van der Waals surface area contributed by atoms with Crippen LogP contribution in [0.1, 0.15) is 25.7 Å². The summed E-state index contributed by atoms with van der Waals surface area (Å²) in [6.07, 6.45) is 5.32. The lowest BCUT2D eigenvalue weighted by molar-refractivity contribution is 0.0923. The van der Waals surface area contributed by atoms with E-state index in [0.717, 1.165) is 19.7 Å². The van der Waals surface area contributed by atoms with E-state index in [1.54, 1.807) is 0 Å². The van der Waals surface area contributed by atoms with Gasteiger partial charge in [-0.25, -0.2) is 0 Å². The van der Waals surface area contributed by atoms with Crippen LogP contribution in [0.4, 0.5) is 0 Å². The maximum absolute atomic E-state index is 8.47. The van der Waals surface area contributed by atoms with Crippen LogP contribution in [0.2, 0.25) is 0 Å². The van der Waals surface area contributed by atoms with Crippen LogP contribution in [-0.4, -0.2) is 50.7 Å². The van der Waals surface area contributed by atoms with Gasteiger partial charge in [-0.2, -0.15) is 0 Å². The van der Waals surface area contributed by atoms with Gasteiger partial charge in [-0.1, -0.05) is 0 Å². The summed E-state index contributed by atoms with van der Waals surface area (Å²) in [6, 6.07) is 0. The lowest BCUT2D eigenvalue weighted by atomic mass is 10.1. The Hall–Kier alpha value is -0.160. The van der Waals surface area contributed by atoms with Crippen molar-refractivity contribution < 1.29 is 14.6 Å². The first-order valence-corrected chi connectivity index (χ1v) is 5.94. The first kappa shape index (κ1) is 12.9. The van der Waals surface area contributed by atoms with Gasteiger partial charge in [0.05, 0.1) is 25.9 Å². The van der Waals surface area contributed by atoms with Crippen molar-refractivity contribution in [3.8, 4) is 0 Å². The molecular formula is C11H23NO3. The summed E-state index contributed by atoms with van der Waals surface area (Å²) < 4.78 is 10.7. The Morgan fingerprint density at radius 3 is 3.00 bits per heavy atom. The SMILES string of the molecule is OCCOCCNCCCC1CCCO1. The minimum Gasteiger partial charge on any atom is -0.394 e. The molecule has 0 amide bonds. The lowest BCUT2D eigenvalue weighted by Crippen LogP contribution is -2.22. The molecule has 0 bridgehead atoms. The summed E-state index contributed by atoms with van der Waals surface area (Å²) in [5.41, 5.74) is 0. The highest BCUT2D eigenvalue weighted by Crippen LogP contribution is 2.16. The molecule has 0 saturated carbocycles. The van der Waals surface area contributed by atoms with Gasteiger partial charge in [-0.15, -0.1) is 0 Å². The fourth-order valence-electron chi connectivity index (χ4n) is 1.76. The molecule has 0 aromatic heterocycles. The average molecular weight is 217 g/mol. The van der Waals surface area contributed by atoms with E-state index < -0.39 is 0 Å². The number of rotatable bonds is 9. The van der Waals surface area contributed by atoms with Gasteiger partial charge >= 0.3 is 0 Å². The van der Waals surface area contributed by atoms with Gasteiger partial charge in [-0.3, -0.25) is 0 Å². The second kappa shape index (κ2) is 9.09. The van der Waals surface area contributed by atoms with Gasteiger partial charge in [0.2, 0.25) is 0 Å². The number of hydrogen-bond acceptors (Lipinski definition) is 4. The van der Waals surface area contributed by atoms with Crippen LogP contribution in [0.15, 0.2) is 0 Å². The molecule has 0 radical (unpaired) electrons. The molecule has 0 spiro atoms. The van der Waals surface area contributed by atoms with Gasteiger partial charge in [0, 0.05) is 13.2 Å². The van der Waals surface area contributed by atoms with Crippen molar-refractivity contribution in [1.82, 2.24) is 5.32 Å². The fourth-order valence-corrected chi connectivity index (χ4v) is 1.76. The van der Waals surface area contributed by atoms with Gasteiger partial charge in [0.15, 0.2) is 0 Å². The number of hydrogen-bond donors (Lipinski definition) is 2. The Morgan fingerprint density at radius 1 is 1.33 bits per heavy atom. The topological polar surface area (TPSA) is 50.7 Å². The maximum atomic E-state index is 8.47. The standard InChI is InChI=1S/C11H23NO3/c13-7-10-14-9-6-12-5-1-3-11-4-2-8-15-11/h11-13H,1-10H2. The van der Waals surface area contributed by atoms with Crippen molar-refractivity contribution in [3.63, 3.8) is 0 Å². The van der Waals surface area contributed by atoms with E-state index in [1.165, 1.54) is 25.7 Å². The van der Waals surface area contributed by atoms with Gasteiger partial charge < -0.3 is 19.9 Å². The van der Waals surface area contributed by atoms with Crippen LogP contribution < -0.4 is 5.32 Å². The Bertz CT molecular complexity index is 138. The summed E-state index contributed by atoms with van der Waals surface area (Å²) in [4.78, 5) is 0. The van der Waals surface area contributed by atoms with E-state index in [2.05, 4.69) is 5.32 Å². The Labute approximate surface area is 92.0 Å². The van der Waals surface area contributed by atoms with Gasteiger partial charge in [0.1, 0.15) is 0 Å². The predicted octanol–water partition coefficient (Wildman–Crippen LogP) is 0.544. The summed E-state index contributed by atoms with van der Waals surface area (Å²) in [6.45, 7) is 4.08. The number of aliphatic hydroxyl groups excluding tert-OH is 1. The molecule has 1 aliphatic heterocycles. The smallest absolute Gasteiger partial charge is 0.0698 e. The second-order valence-electron chi connectivity index (χ2n) is 3.86. The summed E-state index contributed by atoms with van der Waals surface area (Å²) in [5.74, 6) is 0. The molecule has 4 heteroatoms. The maximum Gasteiger partial charge on any atom is 0.0698 e.